The van der Waals surface area contributed by atoms with Crippen LogP contribution >= 0.6 is 0 Å². The number of sulfonamides is 1. The van der Waals surface area contributed by atoms with Crippen LogP contribution in [0.1, 0.15) is 17.5 Å². The number of anilines is 2. The summed E-state index contributed by atoms with van der Waals surface area (Å²) < 4.78 is 38.1. The van der Waals surface area contributed by atoms with E-state index in [9.17, 15) is 17.6 Å². The molecular formula is C18H21FN2O3S. The molecule has 134 valence electrons. The topological polar surface area (TPSA) is 66.5 Å². The molecule has 0 aliphatic heterocycles. The minimum atomic E-state index is -3.58. The van der Waals surface area contributed by atoms with Crippen LogP contribution in [0.25, 0.3) is 0 Å². The normalized spacial score (nSPS) is 11.2. The Morgan fingerprint density at radius 1 is 1.12 bits per heavy atom. The van der Waals surface area contributed by atoms with Gasteiger partial charge in [0.15, 0.2) is 0 Å². The number of carbonyl (C=O) groups excluding carboxylic acids is 1. The molecule has 0 saturated carbocycles. The van der Waals surface area contributed by atoms with Gasteiger partial charge < -0.3 is 5.32 Å². The summed E-state index contributed by atoms with van der Waals surface area (Å²) in [6.45, 7) is 3.83. The standard InChI is InChI=1S/C18H21FN2O3S/c1-13-4-9-17(14(2)12-13)20-18(22)10-11-21(25(3,23)24)16-7-5-15(19)6-8-16/h4-9,12H,10-11H2,1-3H3,(H,20,22). The lowest BCUT2D eigenvalue weighted by Crippen LogP contribution is -2.33. The third-order valence-electron chi connectivity index (χ3n) is 3.71. The van der Waals surface area contributed by atoms with E-state index >= 15 is 0 Å². The Bertz CT molecular complexity index is 864. The Balaban J connectivity index is 2.07. The van der Waals surface area contributed by atoms with Gasteiger partial charge in [-0.2, -0.15) is 0 Å². The van der Waals surface area contributed by atoms with Crippen molar-refractivity contribution in [2.75, 3.05) is 22.4 Å². The van der Waals surface area contributed by atoms with Gasteiger partial charge in [0, 0.05) is 18.7 Å². The Labute approximate surface area is 147 Å². The van der Waals surface area contributed by atoms with E-state index in [0.29, 0.717) is 11.4 Å². The molecule has 5 nitrogen and oxygen atoms in total. The number of nitrogens with zero attached hydrogens (tertiary/aromatic N) is 1. The Morgan fingerprint density at radius 2 is 1.76 bits per heavy atom. The molecule has 2 rings (SSSR count). The van der Waals surface area contributed by atoms with Crippen LogP contribution < -0.4 is 9.62 Å². The second kappa shape index (κ2) is 7.65. The lowest BCUT2D eigenvalue weighted by Gasteiger charge is -2.22. The fourth-order valence-corrected chi connectivity index (χ4v) is 3.39. The molecular weight excluding hydrogens is 343 g/mol. The number of hydrogen-bond acceptors (Lipinski definition) is 3. The van der Waals surface area contributed by atoms with Crippen LogP contribution in [0, 0.1) is 19.7 Å². The van der Waals surface area contributed by atoms with Crippen molar-refractivity contribution in [1.82, 2.24) is 0 Å². The van der Waals surface area contributed by atoms with Gasteiger partial charge in [-0.1, -0.05) is 17.7 Å². The number of carbonyl (C=O) groups is 1. The number of hydrogen-bond donors (Lipinski definition) is 1. The van der Waals surface area contributed by atoms with Gasteiger partial charge >= 0.3 is 0 Å². The lowest BCUT2D eigenvalue weighted by molar-refractivity contribution is -0.116. The quantitative estimate of drug-likeness (QED) is 0.856. The van der Waals surface area contributed by atoms with Gasteiger partial charge in [-0.25, -0.2) is 12.8 Å². The largest absolute Gasteiger partial charge is 0.326 e. The predicted octanol–water partition coefficient (Wildman–Crippen LogP) is 3.24. The zero-order valence-electron chi connectivity index (χ0n) is 14.4. The molecule has 0 aliphatic rings. The highest BCUT2D eigenvalue weighted by Gasteiger charge is 2.19. The second-order valence-electron chi connectivity index (χ2n) is 5.93. The SMILES string of the molecule is Cc1ccc(NC(=O)CCN(c2ccc(F)cc2)S(C)(=O)=O)c(C)c1. The van der Waals surface area contributed by atoms with E-state index in [-0.39, 0.29) is 18.9 Å². The molecule has 0 unspecified atom stereocenters. The zero-order valence-corrected chi connectivity index (χ0v) is 15.2. The van der Waals surface area contributed by atoms with Gasteiger partial charge in [0.05, 0.1) is 11.9 Å². The van der Waals surface area contributed by atoms with E-state index in [0.717, 1.165) is 21.7 Å². The molecule has 0 spiro atoms. The first-order chi connectivity index (χ1) is 11.7. The van der Waals surface area contributed by atoms with Gasteiger partial charge in [-0.05, 0) is 49.7 Å². The molecule has 25 heavy (non-hydrogen) atoms. The van der Waals surface area contributed by atoms with Crippen molar-refractivity contribution >= 4 is 27.3 Å². The number of rotatable bonds is 6. The van der Waals surface area contributed by atoms with Gasteiger partial charge in [0.1, 0.15) is 5.82 Å². The van der Waals surface area contributed by atoms with Crippen molar-refractivity contribution in [2.24, 2.45) is 0 Å². The highest BCUT2D eigenvalue weighted by molar-refractivity contribution is 7.92. The summed E-state index contributed by atoms with van der Waals surface area (Å²) in [5.74, 6) is -0.743. The van der Waals surface area contributed by atoms with Gasteiger partial charge in [0.2, 0.25) is 15.9 Å². The van der Waals surface area contributed by atoms with Crippen molar-refractivity contribution in [3.05, 3.63) is 59.4 Å². The molecule has 1 N–H and O–H groups in total. The summed E-state index contributed by atoms with van der Waals surface area (Å²) in [7, 11) is -3.58. The van der Waals surface area contributed by atoms with E-state index in [1.165, 1.54) is 24.3 Å². The van der Waals surface area contributed by atoms with Crippen molar-refractivity contribution in [3.8, 4) is 0 Å². The third-order valence-corrected chi connectivity index (χ3v) is 4.91. The molecule has 1 amide bonds. The Hall–Kier alpha value is -2.41. The fraction of sp³-hybridized carbons (Fsp3) is 0.278. The van der Waals surface area contributed by atoms with Crippen molar-refractivity contribution in [2.45, 2.75) is 20.3 Å². The summed E-state index contributed by atoms with van der Waals surface area (Å²) in [4.78, 5) is 12.2. The number of halogens is 1. The number of nitrogens with one attached hydrogen (secondary N) is 1. The first kappa shape index (κ1) is 18.9. The number of amides is 1. The highest BCUT2D eigenvalue weighted by Crippen LogP contribution is 2.19. The average Bonchev–Trinajstić information content (AvgIpc) is 2.51. The van der Waals surface area contributed by atoms with Crippen LogP contribution in [0.5, 0.6) is 0 Å². The average molecular weight is 364 g/mol. The van der Waals surface area contributed by atoms with E-state index in [1.54, 1.807) is 0 Å². The van der Waals surface area contributed by atoms with Crippen LogP contribution in [-0.2, 0) is 14.8 Å². The first-order valence-corrected chi connectivity index (χ1v) is 9.62. The highest BCUT2D eigenvalue weighted by atomic mass is 32.2. The van der Waals surface area contributed by atoms with Crippen molar-refractivity contribution in [3.63, 3.8) is 0 Å². The monoisotopic (exact) mass is 364 g/mol. The summed E-state index contributed by atoms with van der Waals surface area (Å²) >= 11 is 0. The van der Waals surface area contributed by atoms with Gasteiger partial charge in [-0.3, -0.25) is 9.10 Å². The van der Waals surface area contributed by atoms with Gasteiger partial charge in [0.25, 0.3) is 0 Å². The van der Waals surface area contributed by atoms with E-state index in [2.05, 4.69) is 5.32 Å². The summed E-state index contributed by atoms with van der Waals surface area (Å²) in [6.07, 6.45) is 1.04. The smallest absolute Gasteiger partial charge is 0.232 e. The summed E-state index contributed by atoms with van der Waals surface area (Å²) in [6, 6.07) is 10.8. The number of aryl methyl sites for hydroxylation is 2. The minimum Gasteiger partial charge on any atom is -0.326 e. The molecule has 0 aromatic heterocycles. The summed E-state index contributed by atoms with van der Waals surface area (Å²) in [5, 5.41) is 2.78. The second-order valence-corrected chi connectivity index (χ2v) is 7.83. The zero-order chi connectivity index (χ0) is 18.6. The fourth-order valence-electron chi connectivity index (χ4n) is 2.46. The van der Waals surface area contributed by atoms with E-state index in [1.807, 2.05) is 32.0 Å². The van der Waals surface area contributed by atoms with Crippen LogP contribution in [0.3, 0.4) is 0 Å². The Morgan fingerprint density at radius 3 is 2.32 bits per heavy atom. The molecule has 2 aromatic carbocycles. The van der Waals surface area contributed by atoms with Crippen LogP contribution in [0.15, 0.2) is 42.5 Å². The minimum absolute atomic E-state index is 0.0161. The molecule has 0 heterocycles. The lowest BCUT2D eigenvalue weighted by atomic mass is 10.1. The molecule has 7 heteroatoms. The van der Waals surface area contributed by atoms with Crippen LogP contribution in [0.2, 0.25) is 0 Å². The maximum atomic E-state index is 13.0. The molecule has 0 atom stereocenters. The Kier molecular flexibility index (Phi) is 5.79. The molecule has 0 bridgehead atoms. The maximum Gasteiger partial charge on any atom is 0.232 e. The van der Waals surface area contributed by atoms with Crippen LogP contribution in [-0.4, -0.2) is 27.1 Å². The first-order valence-electron chi connectivity index (χ1n) is 7.77. The molecule has 0 fully saturated rings. The molecule has 0 aliphatic carbocycles. The molecule has 0 radical (unpaired) electrons. The molecule has 2 aromatic rings. The van der Waals surface area contributed by atoms with Gasteiger partial charge in [-0.15, -0.1) is 0 Å². The third kappa shape index (κ3) is 5.29. The predicted molar refractivity (Wildman–Crippen MR) is 97.8 cm³/mol. The van der Waals surface area contributed by atoms with Crippen LogP contribution in [0.4, 0.5) is 15.8 Å². The molecule has 0 saturated heterocycles. The van der Waals surface area contributed by atoms with Crippen molar-refractivity contribution < 1.29 is 17.6 Å². The van der Waals surface area contributed by atoms with E-state index in [4.69, 9.17) is 0 Å². The van der Waals surface area contributed by atoms with Crippen molar-refractivity contribution in [1.29, 1.82) is 0 Å². The van der Waals surface area contributed by atoms with E-state index < -0.39 is 15.8 Å². The number of benzene rings is 2. The maximum absolute atomic E-state index is 13.0. The summed E-state index contributed by atoms with van der Waals surface area (Å²) in [5.41, 5.74) is 3.05.